The van der Waals surface area contributed by atoms with Gasteiger partial charge in [0.2, 0.25) is 0 Å². The largest absolute Gasteiger partial charge is 0.383 e. The van der Waals surface area contributed by atoms with Crippen LogP contribution in [0.2, 0.25) is 0 Å². The molecule has 0 saturated carbocycles. The summed E-state index contributed by atoms with van der Waals surface area (Å²) < 4.78 is 15.4. The molecule has 0 atom stereocenters. The molecule has 1 aromatic heterocycles. The molecule has 0 N–H and O–H groups in total. The van der Waals surface area contributed by atoms with E-state index in [4.69, 9.17) is 9.47 Å². The molecule has 0 bridgehead atoms. The van der Waals surface area contributed by atoms with E-state index in [-0.39, 0.29) is 5.78 Å². The molecular formula is C31H37N4O3S+. The standard InChI is InChI=1S/C31H37N4O3S/c1-6-32-24-12-8-10-14-26(24)34(16-18-37-3)28(32)20-22-30(36)23(31(22)39-5)21-29-33(7-2)25-13-9-11-15-27(25)35(29)17-19-38-4/h8-15,20-21H,6-7,16-19H2,1-5H3/q+1. The van der Waals surface area contributed by atoms with E-state index in [1.54, 1.807) is 26.0 Å². The number of thioether (sulfide) groups is 1. The average Bonchev–Trinajstić information content (AvgIpc) is 3.44. The van der Waals surface area contributed by atoms with E-state index < -0.39 is 0 Å². The number of allylic oxidation sites excluding steroid dienone is 3. The highest BCUT2D eigenvalue weighted by atomic mass is 32.2. The number of nitrogens with zero attached hydrogens (tertiary/aromatic N) is 4. The molecule has 2 aromatic carbocycles. The minimum absolute atomic E-state index is 0.0803. The Morgan fingerprint density at radius 1 is 0.897 bits per heavy atom. The number of carbonyl (C=O) groups excluding carboxylic acids is 1. The number of ether oxygens (including phenoxy) is 2. The first-order valence-electron chi connectivity index (χ1n) is 13.5. The van der Waals surface area contributed by atoms with E-state index in [0.717, 1.165) is 63.2 Å². The van der Waals surface area contributed by atoms with Gasteiger partial charge in [-0.25, -0.2) is 9.13 Å². The maximum atomic E-state index is 13.8. The summed E-state index contributed by atoms with van der Waals surface area (Å²) in [6.07, 6.45) is 6.18. The molecule has 5 rings (SSSR count). The second kappa shape index (κ2) is 11.8. The number of para-hydroxylation sites is 4. The summed E-state index contributed by atoms with van der Waals surface area (Å²) in [6.45, 7) is 8.52. The van der Waals surface area contributed by atoms with Crippen LogP contribution in [-0.2, 0) is 27.4 Å². The SMILES string of the molecule is CCN1/C(=C\C2=C(SC)C(=C/c3n(CC)c4ccccc4[n+]3CCOC)/C2=O)N(CCOC)c2ccccc21. The number of aryl methyl sites for hydroxylation is 1. The topological polar surface area (TPSA) is 50.8 Å². The van der Waals surface area contributed by atoms with E-state index >= 15 is 0 Å². The Bertz CT molecular complexity index is 1490. The van der Waals surface area contributed by atoms with Gasteiger partial charge in [-0.1, -0.05) is 24.3 Å². The molecule has 0 amide bonds. The van der Waals surface area contributed by atoms with Crippen molar-refractivity contribution in [1.82, 2.24) is 4.57 Å². The summed E-state index contributed by atoms with van der Waals surface area (Å²) in [7, 11) is 3.44. The van der Waals surface area contributed by atoms with Crippen LogP contribution < -0.4 is 14.4 Å². The number of anilines is 2. The third-order valence-electron chi connectivity index (χ3n) is 7.43. The molecule has 0 spiro atoms. The van der Waals surface area contributed by atoms with Crippen LogP contribution in [0.4, 0.5) is 11.4 Å². The van der Waals surface area contributed by atoms with Gasteiger partial charge in [-0.15, -0.1) is 11.8 Å². The summed E-state index contributed by atoms with van der Waals surface area (Å²) in [5, 5.41) is 0. The molecule has 0 saturated heterocycles. The fourth-order valence-electron chi connectivity index (χ4n) is 5.61. The highest BCUT2D eigenvalue weighted by molar-refractivity contribution is 8.02. The lowest BCUT2D eigenvalue weighted by molar-refractivity contribution is -0.675. The monoisotopic (exact) mass is 545 g/mol. The maximum Gasteiger partial charge on any atom is 0.283 e. The predicted octanol–water partition coefficient (Wildman–Crippen LogP) is 5.01. The van der Waals surface area contributed by atoms with E-state index in [1.807, 2.05) is 6.26 Å². The lowest BCUT2D eigenvalue weighted by atomic mass is 9.89. The van der Waals surface area contributed by atoms with Crippen LogP contribution in [-0.4, -0.2) is 57.1 Å². The Balaban J connectivity index is 1.61. The van der Waals surface area contributed by atoms with Gasteiger partial charge in [0.1, 0.15) is 12.4 Å². The number of hydrogen-bond donors (Lipinski definition) is 0. The molecule has 39 heavy (non-hydrogen) atoms. The van der Waals surface area contributed by atoms with Gasteiger partial charge in [0.15, 0.2) is 16.8 Å². The number of fused-ring (bicyclic) bond motifs is 2. The molecule has 204 valence electrons. The maximum absolute atomic E-state index is 13.8. The van der Waals surface area contributed by atoms with Crippen molar-refractivity contribution in [3.05, 3.63) is 82.3 Å². The molecule has 2 aliphatic rings. The quantitative estimate of drug-likeness (QED) is 0.249. The second-order valence-electron chi connectivity index (χ2n) is 9.45. The zero-order valence-corrected chi connectivity index (χ0v) is 24.3. The van der Waals surface area contributed by atoms with Crippen molar-refractivity contribution in [2.24, 2.45) is 0 Å². The van der Waals surface area contributed by atoms with Gasteiger partial charge in [0.05, 0.1) is 31.1 Å². The Morgan fingerprint density at radius 2 is 1.59 bits per heavy atom. The molecule has 2 heterocycles. The Morgan fingerprint density at radius 3 is 2.26 bits per heavy atom. The van der Waals surface area contributed by atoms with Crippen molar-refractivity contribution in [2.45, 2.75) is 26.9 Å². The molecule has 3 aromatic rings. The number of carbonyl (C=O) groups is 1. The third-order valence-corrected chi connectivity index (χ3v) is 8.28. The molecular weight excluding hydrogens is 508 g/mol. The van der Waals surface area contributed by atoms with Crippen LogP contribution in [0, 0.1) is 0 Å². The van der Waals surface area contributed by atoms with Crippen LogP contribution in [0.5, 0.6) is 0 Å². The number of hydrogen-bond acceptors (Lipinski definition) is 6. The van der Waals surface area contributed by atoms with Gasteiger partial charge in [-0.3, -0.25) is 4.79 Å². The lowest BCUT2D eigenvalue weighted by Crippen LogP contribution is -2.39. The number of ketones is 1. The van der Waals surface area contributed by atoms with E-state index in [9.17, 15) is 4.79 Å². The number of aromatic nitrogens is 2. The van der Waals surface area contributed by atoms with E-state index in [2.05, 4.69) is 93.5 Å². The number of rotatable bonds is 11. The number of Topliss-reactive ketones (excluding diaryl/α,β-unsaturated/α-hetero) is 1. The zero-order valence-electron chi connectivity index (χ0n) is 23.4. The van der Waals surface area contributed by atoms with E-state index in [1.165, 1.54) is 0 Å². The first-order valence-corrected chi connectivity index (χ1v) is 14.7. The first kappa shape index (κ1) is 27.2. The van der Waals surface area contributed by atoms with Crippen LogP contribution in [0.15, 0.2) is 76.5 Å². The highest BCUT2D eigenvalue weighted by Gasteiger charge is 2.37. The van der Waals surface area contributed by atoms with Crippen LogP contribution >= 0.6 is 11.8 Å². The van der Waals surface area contributed by atoms with Crippen molar-refractivity contribution in [3.63, 3.8) is 0 Å². The minimum atomic E-state index is 0.0803. The Labute approximate surface area is 235 Å². The third kappa shape index (κ3) is 4.71. The molecule has 8 heteroatoms. The number of methoxy groups -OCH3 is 2. The van der Waals surface area contributed by atoms with Crippen molar-refractivity contribution >= 4 is 46.0 Å². The molecule has 0 unspecified atom stereocenters. The number of imidazole rings is 1. The predicted molar refractivity (Wildman–Crippen MR) is 160 cm³/mol. The molecule has 1 aliphatic heterocycles. The van der Waals surface area contributed by atoms with Crippen LogP contribution in [0.3, 0.4) is 0 Å². The second-order valence-corrected chi connectivity index (χ2v) is 10.3. The van der Waals surface area contributed by atoms with Gasteiger partial charge < -0.3 is 19.3 Å². The number of benzene rings is 2. The smallest absolute Gasteiger partial charge is 0.283 e. The summed E-state index contributed by atoms with van der Waals surface area (Å²) in [6, 6.07) is 16.8. The van der Waals surface area contributed by atoms with Gasteiger partial charge in [-0.05, 0) is 50.4 Å². The summed E-state index contributed by atoms with van der Waals surface area (Å²) in [4.78, 5) is 19.3. The minimum Gasteiger partial charge on any atom is -0.383 e. The molecule has 7 nitrogen and oxygen atoms in total. The van der Waals surface area contributed by atoms with Gasteiger partial charge >= 0.3 is 0 Å². The summed E-state index contributed by atoms with van der Waals surface area (Å²) >= 11 is 1.63. The Hall–Kier alpha value is -3.33. The van der Waals surface area contributed by atoms with Crippen molar-refractivity contribution in [2.75, 3.05) is 56.6 Å². The van der Waals surface area contributed by atoms with Crippen LogP contribution in [0.25, 0.3) is 17.1 Å². The van der Waals surface area contributed by atoms with Gasteiger partial charge in [0, 0.05) is 49.4 Å². The fourth-order valence-corrected chi connectivity index (χ4v) is 6.36. The van der Waals surface area contributed by atoms with Crippen molar-refractivity contribution < 1.29 is 18.8 Å². The molecule has 0 fully saturated rings. The average molecular weight is 546 g/mol. The summed E-state index contributed by atoms with van der Waals surface area (Å²) in [5.41, 5.74) is 6.12. The fraction of sp³-hybridized carbons (Fsp3) is 0.355. The highest BCUT2D eigenvalue weighted by Crippen LogP contribution is 2.45. The normalized spacial score (nSPS) is 17.2. The first-order chi connectivity index (χ1) is 19.1. The van der Waals surface area contributed by atoms with Crippen molar-refractivity contribution in [1.29, 1.82) is 0 Å². The van der Waals surface area contributed by atoms with Crippen molar-refractivity contribution in [3.8, 4) is 0 Å². The van der Waals surface area contributed by atoms with Crippen LogP contribution in [0.1, 0.15) is 19.7 Å². The van der Waals surface area contributed by atoms with Gasteiger partial charge in [-0.2, -0.15) is 0 Å². The van der Waals surface area contributed by atoms with E-state index in [0.29, 0.717) is 26.3 Å². The molecule has 0 radical (unpaired) electrons. The summed E-state index contributed by atoms with van der Waals surface area (Å²) in [5.74, 6) is 2.11. The van der Waals surface area contributed by atoms with Gasteiger partial charge in [0.25, 0.3) is 5.82 Å². The lowest BCUT2D eigenvalue weighted by Gasteiger charge is -2.28. The molecule has 1 aliphatic carbocycles. The Kier molecular flexibility index (Phi) is 8.26. The zero-order chi connectivity index (χ0) is 27.5.